The van der Waals surface area contributed by atoms with Crippen LogP contribution in [0.2, 0.25) is 0 Å². The van der Waals surface area contributed by atoms with Gasteiger partial charge in [-0.2, -0.15) is 0 Å². The first-order valence-corrected chi connectivity index (χ1v) is 13.2. The maximum Gasteiger partial charge on any atom is 0.336 e. The summed E-state index contributed by atoms with van der Waals surface area (Å²) in [5.41, 5.74) is -0.00417. The number of aliphatic carboxylic acids is 3. The lowest BCUT2D eigenvalue weighted by Crippen LogP contribution is -2.42. The highest BCUT2D eigenvalue weighted by molar-refractivity contribution is 7.11. The van der Waals surface area contributed by atoms with E-state index < -0.39 is 36.4 Å². The molecule has 4 rings (SSSR count). The Morgan fingerprint density at radius 2 is 1.85 bits per heavy atom. The maximum atomic E-state index is 10.3. The number of aryl methyl sites for hydroxylation is 2. The first-order valence-electron chi connectivity index (χ1n) is 12.4. The Kier molecular flexibility index (Phi) is 10.6. The number of benzene rings is 1. The van der Waals surface area contributed by atoms with Crippen molar-refractivity contribution in [3.63, 3.8) is 0 Å². The van der Waals surface area contributed by atoms with Crippen LogP contribution in [-0.4, -0.2) is 71.5 Å². The van der Waals surface area contributed by atoms with Gasteiger partial charge in [-0.25, -0.2) is 9.78 Å². The number of ether oxygens (including phenoxy) is 1. The average Bonchev–Trinajstić information content (AvgIpc) is 3.61. The van der Waals surface area contributed by atoms with Crippen molar-refractivity contribution in [1.82, 2.24) is 14.5 Å². The molecule has 0 bridgehead atoms. The molecule has 11 nitrogen and oxygen atoms in total. The minimum Gasteiger partial charge on any atom is -0.493 e. The van der Waals surface area contributed by atoms with E-state index in [0.29, 0.717) is 0 Å². The van der Waals surface area contributed by atoms with Gasteiger partial charge in [0.25, 0.3) is 0 Å². The number of thiophene rings is 1. The molecule has 0 saturated heterocycles. The first kappa shape index (κ1) is 29.8. The van der Waals surface area contributed by atoms with Crippen LogP contribution in [0.15, 0.2) is 49.1 Å². The van der Waals surface area contributed by atoms with Gasteiger partial charge in [-0.15, -0.1) is 11.3 Å². The van der Waals surface area contributed by atoms with Crippen LogP contribution in [0, 0.1) is 6.92 Å². The third kappa shape index (κ3) is 9.50. The summed E-state index contributed by atoms with van der Waals surface area (Å²) in [6.07, 6.45) is 5.64. The summed E-state index contributed by atoms with van der Waals surface area (Å²) in [6, 6.07) is 11.2. The topological polar surface area (TPSA) is 162 Å². The number of imidazole rings is 1. The van der Waals surface area contributed by atoms with Crippen molar-refractivity contribution in [2.24, 2.45) is 0 Å². The number of hydrogen-bond acceptors (Lipinski definition) is 8. The number of hydrogen-bond donors (Lipinski definition) is 4. The Morgan fingerprint density at radius 1 is 1.10 bits per heavy atom. The molecule has 3 heterocycles. The molecule has 210 valence electrons. The van der Waals surface area contributed by atoms with Gasteiger partial charge in [-0.1, -0.05) is 12.1 Å². The van der Waals surface area contributed by atoms with Gasteiger partial charge in [-0.3, -0.25) is 14.5 Å². The van der Waals surface area contributed by atoms with Crippen molar-refractivity contribution >= 4 is 29.2 Å². The highest BCUT2D eigenvalue weighted by Crippen LogP contribution is 2.27. The van der Waals surface area contributed by atoms with Crippen LogP contribution >= 0.6 is 11.3 Å². The van der Waals surface area contributed by atoms with Crippen LogP contribution in [-0.2, 0) is 40.4 Å². The Morgan fingerprint density at radius 3 is 2.44 bits per heavy atom. The van der Waals surface area contributed by atoms with Gasteiger partial charge in [0.1, 0.15) is 5.75 Å². The number of rotatable bonds is 13. The zero-order valence-electron chi connectivity index (χ0n) is 21.7. The normalized spacial score (nSPS) is 12.4. The summed E-state index contributed by atoms with van der Waals surface area (Å²) in [5, 5.41) is 33.8. The molecule has 0 radical (unpaired) electrons. The highest BCUT2D eigenvalue weighted by Gasteiger charge is 2.40. The molecule has 0 atom stereocenters. The molecule has 12 heteroatoms. The van der Waals surface area contributed by atoms with E-state index in [2.05, 4.69) is 51.7 Å². The molecule has 0 unspecified atom stereocenters. The molecule has 0 amide bonds. The molecule has 0 spiro atoms. The number of carbonyl (C=O) groups is 3. The Hall–Kier alpha value is -3.74. The molecule has 4 N–H and O–H groups in total. The van der Waals surface area contributed by atoms with Gasteiger partial charge in [0, 0.05) is 54.7 Å². The lowest BCUT2D eigenvalue weighted by atomic mass is 9.96. The predicted molar refractivity (Wildman–Crippen MR) is 143 cm³/mol. The molecular weight excluding hydrogens is 526 g/mol. The minimum absolute atomic E-state index is 0.821. The fourth-order valence-corrected chi connectivity index (χ4v) is 5.14. The monoisotopic (exact) mass is 559 g/mol. The van der Waals surface area contributed by atoms with Crippen molar-refractivity contribution in [2.45, 2.75) is 57.8 Å². The first-order chi connectivity index (χ1) is 18.5. The average molecular weight is 560 g/mol. The Balaban J connectivity index is 0.000000276. The molecule has 39 heavy (non-hydrogen) atoms. The molecule has 0 fully saturated rings. The zero-order chi connectivity index (χ0) is 28.4. The molecule has 0 aliphatic carbocycles. The number of aromatic nitrogens is 2. The summed E-state index contributed by atoms with van der Waals surface area (Å²) < 4.78 is 7.80. The molecule has 1 aromatic carbocycles. The van der Waals surface area contributed by atoms with E-state index in [0.717, 1.165) is 51.4 Å². The fraction of sp³-hybridized carbons (Fsp3) is 0.407. The van der Waals surface area contributed by atoms with Crippen molar-refractivity contribution < 1.29 is 39.5 Å². The number of aliphatic hydroxyl groups is 1. The molecule has 1 aliphatic rings. The summed E-state index contributed by atoms with van der Waals surface area (Å²) >= 11 is 1.90. The van der Waals surface area contributed by atoms with Crippen LogP contribution in [0.1, 0.15) is 40.1 Å². The van der Waals surface area contributed by atoms with Crippen LogP contribution in [0.3, 0.4) is 0 Å². The SMILES string of the molecule is Cc1ccc(CN(CCCn2ccnc2)Cc2ccc3c(c2)CCO3)s1.O=C(O)CC(O)(CC(=O)O)C(=O)O. The predicted octanol–water partition coefficient (Wildman–Crippen LogP) is 3.03. The summed E-state index contributed by atoms with van der Waals surface area (Å²) in [5.74, 6) is -3.95. The lowest BCUT2D eigenvalue weighted by Gasteiger charge is -2.22. The number of carboxylic acids is 3. The van der Waals surface area contributed by atoms with Crippen LogP contribution in [0.4, 0.5) is 0 Å². The van der Waals surface area contributed by atoms with Crippen molar-refractivity contribution in [3.05, 3.63) is 69.9 Å². The van der Waals surface area contributed by atoms with Crippen LogP contribution in [0.25, 0.3) is 0 Å². The molecular formula is C27H33N3O8S. The summed E-state index contributed by atoms with van der Waals surface area (Å²) in [4.78, 5) is 40.0. The molecule has 2 aromatic heterocycles. The minimum atomic E-state index is -2.74. The third-order valence-corrected chi connectivity index (χ3v) is 7.06. The van der Waals surface area contributed by atoms with Crippen molar-refractivity contribution in [2.75, 3.05) is 13.2 Å². The van der Waals surface area contributed by atoms with Gasteiger partial charge >= 0.3 is 17.9 Å². The van der Waals surface area contributed by atoms with Crippen LogP contribution in [0.5, 0.6) is 5.75 Å². The van der Waals surface area contributed by atoms with E-state index >= 15 is 0 Å². The van der Waals surface area contributed by atoms with Gasteiger partial charge < -0.3 is 29.7 Å². The summed E-state index contributed by atoms with van der Waals surface area (Å²) in [7, 11) is 0. The van der Waals surface area contributed by atoms with E-state index in [4.69, 9.17) is 25.2 Å². The van der Waals surface area contributed by atoms with E-state index in [-0.39, 0.29) is 0 Å². The highest BCUT2D eigenvalue weighted by atomic mass is 32.1. The number of carboxylic acid groups (broad SMARTS) is 3. The lowest BCUT2D eigenvalue weighted by molar-refractivity contribution is -0.170. The second-order valence-corrected chi connectivity index (χ2v) is 10.8. The molecule has 1 aliphatic heterocycles. The van der Waals surface area contributed by atoms with Crippen molar-refractivity contribution in [1.29, 1.82) is 0 Å². The molecule has 3 aromatic rings. The van der Waals surface area contributed by atoms with Gasteiger partial charge in [0.05, 0.1) is 25.8 Å². The van der Waals surface area contributed by atoms with E-state index in [9.17, 15) is 14.4 Å². The standard InChI is InChI=1S/C21H25N3OS.C6H8O7/c1-17-3-5-20(26-17)15-24(10-2-9-23-11-8-22-16-23)14-18-4-6-21-19(13-18)7-12-25-21;7-3(8)1-6(13,5(11)12)2-4(9)10/h3-6,8,11,13,16H,2,7,9-10,12,14-15H2,1H3;13H,1-2H2,(H,7,8)(H,9,10)(H,11,12). The summed E-state index contributed by atoms with van der Waals surface area (Å²) in [6.45, 7) is 7.07. The van der Waals surface area contributed by atoms with E-state index in [1.54, 1.807) is 0 Å². The number of fused-ring (bicyclic) bond motifs is 1. The smallest absolute Gasteiger partial charge is 0.336 e. The fourth-order valence-electron chi connectivity index (χ4n) is 4.21. The quantitative estimate of drug-likeness (QED) is 0.245. The second kappa shape index (κ2) is 13.9. The van der Waals surface area contributed by atoms with Crippen molar-refractivity contribution in [3.8, 4) is 5.75 Å². The Bertz CT molecular complexity index is 1240. The van der Waals surface area contributed by atoms with Gasteiger partial charge in [0.2, 0.25) is 0 Å². The van der Waals surface area contributed by atoms with Gasteiger partial charge in [0.15, 0.2) is 5.60 Å². The number of nitrogens with zero attached hydrogens (tertiary/aromatic N) is 3. The second-order valence-electron chi connectivity index (χ2n) is 9.40. The molecule has 0 saturated carbocycles. The zero-order valence-corrected chi connectivity index (χ0v) is 22.5. The van der Waals surface area contributed by atoms with E-state index in [1.807, 2.05) is 30.1 Å². The van der Waals surface area contributed by atoms with Crippen LogP contribution < -0.4 is 4.74 Å². The van der Waals surface area contributed by atoms with E-state index in [1.165, 1.54) is 20.9 Å². The largest absolute Gasteiger partial charge is 0.493 e. The Labute approximate surface area is 229 Å². The van der Waals surface area contributed by atoms with Gasteiger partial charge in [-0.05, 0) is 42.7 Å². The third-order valence-electron chi connectivity index (χ3n) is 6.07. The maximum absolute atomic E-state index is 10.3.